The summed E-state index contributed by atoms with van der Waals surface area (Å²) in [7, 11) is 0. The highest BCUT2D eigenvalue weighted by molar-refractivity contribution is 5.92. The summed E-state index contributed by atoms with van der Waals surface area (Å²) < 4.78 is 5.24. The number of amides is 1. The molecule has 0 saturated heterocycles. The first kappa shape index (κ1) is 15.6. The Morgan fingerprint density at radius 1 is 1.18 bits per heavy atom. The molecule has 0 fully saturated rings. The van der Waals surface area contributed by atoms with Gasteiger partial charge in [0, 0.05) is 12.4 Å². The molecule has 0 aliphatic carbocycles. The van der Waals surface area contributed by atoms with Gasteiger partial charge in [0.2, 0.25) is 0 Å². The quantitative estimate of drug-likeness (QED) is 0.852. The van der Waals surface area contributed by atoms with E-state index in [4.69, 9.17) is 4.74 Å². The van der Waals surface area contributed by atoms with Crippen molar-refractivity contribution in [1.82, 2.24) is 15.3 Å². The van der Waals surface area contributed by atoms with Gasteiger partial charge < -0.3 is 10.1 Å². The minimum absolute atomic E-state index is 0.0483. The van der Waals surface area contributed by atoms with Crippen LogP contribution in [0.5, 0.6) is 0 Å². The Bertz CT molecular complexity index is 642. The van der Waals surface area contributed by atoms with Crippen LogP contribution < -0.4 is 5.32 Å². The molecule has 1 N–H and O–H groups in total. The van der Waals surface area contributed by atoms with Gasteiger partial charge in [-0.25, -0.2) is 9.78 Å². The molecular weight excluding hydrogens is 282 g/mol. The highest BCUT2D eigenvalue weighted by atomic mass is 16.5. The van der Waals surface area contributed by atoms with Crippen LogP contribution in [0.25, 0.3) is 0 Å². The van der Waals surface area contributed by atoms with Gasteiger partial charge >= 0.3 is 5.97 Å². The molecule has 0 atom stereocenters. The van der Waals surface area contributed by atoms with Crippen molar-refractivity contribution >= 4 is 11.9 Å². The van der Waals surface area contributed by atoms with Crippen molar-refractivity contribution in [1.29, 1.82) is 0 Å². The van der Waals surface area contributed by atoms with Gasteiger partial charge in [-0.15, -0.1) is 0 Å². The maximum absolute atomic E-state index is 12.0. The summed E-state index contributed by atoms with van der Waals surface area (Å²) in [5, 5.41) is 2.76. The van der Waals surface area contributed by atoms with Gasteiger partial charge in [0.1, 0.15) is 12.3 Å². The van der Waals surface area contributed by atoms with Crippen LogP contribution in [0, 0.1) is 0 Å². The lowest BCUT2D eigenvalue weighted by atomic mass is 10.1. The lowest BCUT2D eigenvalue weighted by molar-refractivity contribution is 0.0389. The number of ether oxygens (including phenoxy) is 1. The molecule has 0 unspecified atom stereocenters. The van der Waals surface area contributed by atoms with E-state index in [1.54, 1.807) is 38.1 Å². The fourth-order valence-electron chi connectivity index (χ4n) is 1.73. The topological polar surface area (TPSA) is 81.2 Å². The molecule has 0 aliphatic heterocycles. The Labute approximate surface area is 128 Å². The Morgan fingerprint density at radius 2 is 1.91 bits per heavy atom. The minimum atomic E-state index is -0.723. The number of nitrogens with zero attached hydrogens (tertiary/aromatic N) is 2. The molecule has 114 valence electrons. The Hall–Kier alpha value is -2.76. The smallest absolute Gasteiger partial charge is 0.338 e. The molecule has 1 amide bonds. The summed E-state index contributed by atoms with van der Waals surface area (Å²) in [6, 6.07) is 8.69. The summed E-state index contributed by atoms with van der Waals surface area (Å²) in [6.07, 6.45) is 4.31. The van der Waals surface area contributed by atoms with Crippen LogP contribution in [-0.2, 0) is 4.74 Å². The van der Waals surface area contributed by atoms with E-state index in [0.717, 1.165) is 0 Å². The summed E-state index contributed by atoms with van der Waals surface area (Å²) in [5.74, 6) is -0.795. The molecule has 1 heterocycles. The number of nitrogens with one attached hydrogen (secondary N) is 1. The van der Waals surface area contributed by atoms with Crippen LogP contribution in [0.3, 0.4) is 0 Å². The number of carbonyl (C=O) groups is 2. The zero-order valence-corrected chi connectivity index (χ0v) is 12.4. The van der Waals surface area contributed by atoms with Gasteiger partial charge in [0.15, 0.2) is 0 Å². The third kappa shape index (κ3) is 4.37. The molecule has 0 radical (unpaired) electrons. The summed E-state index contributed by atoms with van der Waals surface area (Å²) in [4.78, 5) is 31.7. The predicted octanol–water partition coefficient (Wildman–Crippen LogP) is 1.84. The van der Waals surface area contributed by atoms with Gasteiger partial charge in [0.25, 0.3) is 5.91 Å². The van der Waals surface area contributed by atoms with E-state index in [1.807, 2.05) is 6.07 Å². The highest BCUT2D eigenvalue weighted by Crippen LogP contribution is 2.08. The van der Waals surface area contributed by atoms with Crippen LogP contribution in [-0.4, -0.2) is 34.0 Å². The van der Waals surface area contributed by atoms with Crippen molar-refractivity contribution in [2.75, 3.05) is 6.61 Å². The predicted molar refractivity (Wildman–Crippen MR) is 80.3 cm³/mol. The van der Waals surface area contributed by atoms with E-state index < -0.39 is 11.5 Å². The van der Waals surface area contributed by atoms with Crippen molar-refractivity contribution in [3.05, 3.63) is 60.2 Å². The number of aromatic nitrogens is 2. The number of hydrogen-bond donors (Lipinski definition) is 1. The molecule has 0 aliphatic rings. The second-order valence-corrected chi connectivity index (χ2v) is 5.37. The average molecular weight is 299 g/mol. The lowest BCUT2D eigenvalue weighted by Crippen LogP contribution is -2.47. The first-order valence-corrected chi connectivity index (χ1v) is 6.79. The molecule has 1 aromatic carbocycles. The normalized spacial score (nSPS) is 10.8. The number of benzene rings is 1. The Kier molecular flexibility index (Phi) is 4.83. The fraction of sp³-hybridized carbons (Fsp3) is 0.250. The summed E-state index contributed by atoms with van der Waals surface area (Å²) >= 11 is 0. The fourth-order valence-corrected chi connectivity index (χ4v) is 1.73. The van der Waals surface area contributed by atoms with Gasteiger partial charge in [-0.2, -0.15) is 0 Å². The van der Waals surface area contributed by atoms with E-state index in [1.165, 1.54) is 18.6 Å². The molecule has 0 spiro atoms. The third-order valence-corrected chi connectivity index (χ3v) is 2.82. The van der Waals surface area contributed by atoms with Crippen molar-refractivity contribution < 1.29 is 14.3 Å². The van der Waals surface area contributed by atoms with E-state index >= 15 is 0 Å². The molecule has 1 aromatic heterocycles. The zero-order chi connectivity index (χ0) is 16.0. The molecule has 0 saturated carbocycles. The first-order valence-electron chi connectivity index (χ1n) is 6.79. The van der Waals surface area contributed by atoms with Crippen LogP contribution in [0.4, 0.5) is 0 Å². The number of esters is 1. The van der Waals surface area contributed by atoms with Gasteiger partial charge in [-0.3, -0.25) is 9.78 Å². The van der Waals surface area contributed by atoms with E-state index in [9.17, 15) is 9.59 Å². The zero-order valence-electron chi connectivity index (χ0n) is 12.4. The Morgan fingerprint density at radius 3 is 2.55 bits per heavy atom. The van der Waals surface area contributed by atoms with Crippen LogP contribution in [0.1, 0.15) is 34.7 Å². The molecule has 6 heteroatoms. The summed E-state index contributed by atoms with van der Waals surface area (Å²) in [6.45, 7) is 3.58. The minimum Gasteiger partial charge on any atom is -0.460 e. The van der Waals surface area contributed by atoms with Crippen LogP contribution >= 0.6 is 0 Å². The maximum Gasteiger partial charge on any atom is 0.338 e. The SMILES string of the molecule is CC(C)(COC(=O)c1ccccc1)NC(=O)c1cnccn1. The number of hydrogen-bond acceptors (Lipinski definition) is 5. The van der Waals surface area contributed by atoms with Crippen molar-refractivity contribution in [2.24, 2.45) is 0 Å². The molecule has 22 heavy (non-hydrogen) atoms. The van der Waals surface area contributed by atoms with Gasteiger partial charge in [0.05, 0.1) is 17.3 Å². The second-order valence-electron chi connectivity index (χ2n) is 5.37. The van der Waals surface area contributed by atoms with Gasteiger partial charge in [-0.05, 0) is 26.0 Å². The highest BCUT2D eigenvalue weighted by Gasteiger charge is 2.24. The van der Waals surface area contributed by atoms with Crippen LogP contribution in [0.15, 0.2) is 48.9 Å². The Balaban J connectivity index is 1.91. The molecule has 2 aromatic rings. The number of rotatable bonds is 5. The molecule has 2 rings (SSSR count). The van der Waals surface area contributed by atoms with E-state index in [2.05, 4.69) is 15.3 Å². The van der Waals surface area contributed by atoms with Gasteiger partial charge in [-0.1, -0.05) is 18.2 Å². The average Bonchev–Trinajstić information content (AvgIpc) is 2.54. The first-order chi connectivity index (χ1) is 10.5. The summed E-state index contributed by atoms with van der Waals surface area (Å²) in [5.41, 5.74) is -0.0394. The van der Waals surface area contributed by atoms with Crippen LogP contribution in [0.2, 0.25) is 0 Å². The molecule has 0 bridgehead atoms. The van der Waals surface area contributed by atoms with Crippen molar-refractivity contribution in [2.45, 2.75) is 19.4 Å². The van der Waals surface area contributed by atoms with Crippen molar-refractivity contribution in [3.63, 3.8) is 0 Å². The molecular formula is C16H17N3O3. The monoisotopic (exact) mass is 299 g/mol. The molecule has 6 nitrogen and oxygen atoms in total. The second kappa shape index (κ2) is 6.80. The third-order valence-electron chi connectivity index (χ3n) is 2.82. The number of carbonyl (C=O) groups excluding carboxylic acids is 2. The van der Waals surface area contributed by atoms with Crippen molar-refractivity contribution in [3.8, 4) is 0 Å². The van der Waals surface area contributed by atoms with E-state index in [0.29, 0.717) is 5.56 Å². The largest absolute Gasteiger partial charge is 0.460 e. The maximum atomic E-state index is 12.0. The lowest BCUT2D eigenvalue weighted by Gasteiger charge is -2.25. The van der Waals surface area contributed by atoms with E-state index in [-0.39, 0.29) is 18.2 Å². The standard InChI is InChI=1S/C16H17N3O3/c1-16(2,19-14(20)13-10-17-8-9-18-13)11-22-15(21)12-6-4-3-5-7-12/h3-10H,11H2,1-2H3,(H,19,20).